The van der Waals surface area contributed by atoms with Crippen molar-refractivity contribution in [2.24, 2.45) is 0 Å². The predicted octanol–water partition coefficient (Wildman–Crippen LogP) is 3.24. The number of rotatable bonds is 7. The van der Waals surface area contributed by atoms with E-state index in [1.807, 2.05) is 24.3 Å². The highest BCUT2D eigenvalue weighted by molar-refractivity contribution is 7.99. The molecule has 0 bridgehead atoms. The monoisotopic (exact) mass is 464 g/mol. The summed E-state index contributed by atoms with van der Waals surface area (Å²) in [5, 5.41) is 19.8. The summed E-state index contributed by atoms with van der Waals surface area (Å²) in [6.45, 7) is 1.26. The Morgan fingerprint density at radius 3 is 2.79 bits per heavy atom. The minimum Gasteiger partial charge on any atom is -0.376 e. The Hall–Kier alpha value is -3.57. The quantitative estimate of drug-likeness (QED) is 0.191. The van der Waals surface area contributed by atoms with Gasteiger partial charge in [-0.1, -0.05) is 23.9 Å². The number of carbonyl (C=O) groups is 1. The molecule has 1 aliphatic heterocycles. The number of hydrogen-bond donors (Lipinski definition) is 1. The van der Waals surface area contributed by atoms with Crippen LogP contribution in [0.4, 0.5) is 5.69 Å². The first-order valence-electron chi connectivity index (χ1n) is 10.5. The molecule has 5 rings (SSSR count). The van der Waals surface area contributed by atoms with Gasteiger partial charge in [0.1, 0.15) is 0 Å². The third-order valence-electron chi connectivity index (χ3n) is 5.37. The summed E-state index contributed by atoms with van der Waals surface area (Å²) < 4.78 is 7.17. The molecule has 1 fully saturated rings. The number of ether oxygens (including phenoxy) is 1. The van der Waals surface area contributed by atoms with Crippen LogP contribution in [0.1, 0.15) is 12.8 Å². The molecule has 1 atom stereocenters. The van der Waals surface area contributed by atoms with E-state index in [9.17, 15) is 14.9 Å². The van der Waals surface area contributed by atoms with Crippen LogP contribution in [0.15, 0.2) is 53.7 Å². The minimum absolute atomic E-state index is 0.000100. The largest absolute Gasteiger partial charge is 0.376 e. The summed E-state index contributed by atoms with van der Waals surface area (Å²) in [6, 6.07) is 13.7. The molecule has 0 saturated carbocycles. The van der Waals surface area contributed by atoms with Crippen molar-refractivity contribution < 1.29 is 14.5 Å². The third-order valence-corrected chi connectivity index (χ3v) is 6.30. The van der Waals surface area contributed by atoms with Crippen LogP contribution in [0.2, 0.25) is 0 Å². The number of benzene rings is 2. The van der Waals surface area contributed by atoms with E-state index in [1.54, 1.807) is 16.6 Å². The fourth-order valence-electron chi connectivity index (χ4n) is 3.69. The molecule has 33 heavy (non-hydrogen) atoms. The average Bonchev–Trinajstić information content (AvgIpc) is 3.52. The maximum atomic E-state index is 12.4. The molecule has 2 aromatic carbocycles. The van der Waals surface area contributed by atoms with Crippen molar-refractivity contribution in [3.8, 4) is 11.4 Å². The Balaban J connectivity index is 1.43. The Labute approximate surface area is 192 Å². The minimum atomic E-state index is -0.447. The number of nitro benzene ring substituents is 1. The predicted molar refractivity (Wildman–Crippen MR) is 123 cm³/mol. The fraction of sp³-hybridized carbons (Fsp3) is 0.273. The lowest BCUT2D eigenvalue weighted by molar-refractivity contribution is -0.384. The fourth-order valence-corrected chi connectivity index (χ4v) is 4.47. The molecule has 1 aliphatic rings. The van der Waals surface area contributed by atoms with Crippen LogP contribution in [0.3, 0.4) is 0 Å². The molecular formula is C22H20N6O4S. The van der Waals surface area contributed by atoms with Gasteiger partial charge in [0, 0.05) is 36.2 Å². The van der Waals surface area contributed by atoms with Crippen molar-refractivity contribution in [2.75, 3.05) is 18.9 Å². The second kappa shape index (κ2) is 9.12. The summed E-state index contributed by atoms with van der Waals surface area (Å²) in [7, 11) is 0. The van der Waals surface area contributed by atoms with Crippen molar-refractivity contribution in [1.29, 1.82) is 0 Å². The Kier molecular flexibility index (Phi) is 5.88. The first-order chi connectivity index (χ1) is 16.1. The van der Waals surface area contributed by atoms with E-state index in [2.05, 4.69) is 20.4 Å². The van der Waals surface area contributed by atoms with Gasteiger partial charge >= 0.3 is 0 Å². The van der Waals surface area contributed by atoms with Crippen molar-refractivity contribution >= 4 is 39.9 Å². The number of non-ortho nitro benzene ring substituents is 1. The van der Waals surface area contributed by atoms with Gasteiger partial charge in [-0.3, -0.25) is 14.9 Å². The molecule has 0 aliphatic carbocycles. The molecule has 1 N–H and O–H groups in total. The SMILES string of the molecule is O=C(CSc1nc2ccccc2c2nc(-c3ccc([N+](=O)[O-])cc3)nn12)NC[C@H]1CCCO1. The number of nitro groups is 1. The van der Waals surface area contributed by atoms with Gasteiger partial charge in [0.05, 0.1) is 22.3 Å². The third kappa shape index (κ3) is 4.50. The Morgan fingerprint density at radius 1 is 1.21 bits per heavy atom. The van der Waals surface area contributed by atoms with Crippen LogP contribution in [0.5, 0.6) is 0 Å². The summed E-state index contributed by atoms with van der Waals surface area (Å²) in [4.78, 5) is 32.2. The zero-order valence-corrected chi connectivity index (χ0v) is 18.3. The molecule has 168 valence electrons. The van der Waals surface area contributed by atoms with Gasteiger partial charge in [0.15, 0.2) is 16.6 Å². The van der Waals surface area contributed by atoms with Crippen molar-refractivity contribution in [3.05, 3.63) is 58.6 Å². The summed E-state index contributed by atoms with van der Waals surface area (Å²) in [5.74, 6) is 0.502. The molecule has 1 saturated heterocycles. The van der Waals surface area contributed by atoms with Gasteiger partial charge in [-0.05, 0) is 37.1 Å². The molecule has 0 unspecified atom stereocenters. The standard InChI is InChI=1S/C22H20N6O4S/c29-19(23-12-16-4-3-11-32-16)13-33-22-24-18-6-2-1-5-17(18)21-25-20(26-27(21)22)14-7-9-15(10-8-14)28(30)31/h1-2,5-10,16H,3-4,11-13H2,(H,23,29)/t16-/m1/s1. The van der Waals surface area contributed by atoms with Crippen molar-refractivity contribution in [1.82, 2.24) is 24.9 Å². The van der Waals surface area contributed by atoms with Gasteiger partial charge in [-0.2, -0.15) is 4.52 Å². The maximum Gasteiger partial charge on any atom is 0.269 e. The normalized spacial score (nSPS) is 15.8. The van der Waals surface area contributed by atoms with E-state index in [1.165, 1.54) is 23.9 Å². The molecule has 1 amide bonds. The van der Waals surface area contributed by atoms with Gasteiger partial charge in [0.2, 0.25) is 5.91 Å². The van der Waals surface area contributed by atoms with Crippen LogP contribution in [-0.2, 0) is 9.53 Å². The molecule has 11 heteroatoms. The topological polar surface area (TPSA) is 125 Å². The molecule has 0 radical (unpaired) electrons. The number of nitrogens with one attached hydrogen (secondary N) is 1. The molecule has 2 aromatic heterocycles. The lowest BCUT2D eigenvalue weighted by Crippen LogP contribution is -2.32. The van der Waals surface area contributed by atoms with E-state index in [0.29, 0.717) is 28.7 Å². The van der Waals surface area contributed by atoms with E-state index >= 15 is 0 Å². The van der Waals surface area contributed by atoms with Crippen LogP contribution in [0.25, 0.3) is 27.9 Å². The summed E-state index contributed by atoms with van der Waals surface area (Å²) in [6.07, 6.45) is 2.08. The zero-order valence-electron chi connectivity index (χ0n) is 17.5. The second-order valence-electron chi connectivity index (χ2n) is 7.61. The lowest BCUT2D eigenvalue weighted by Gasteiger charge is -2.10. The number of para-hydroxylation sites is 1. The van der Waals surface area contributed by atoms with E-state index in [0.717, 1.165) is 30.4 Å². The second-order valence-corrected chi connectivity index (χ2v) is 8.56. The number of fused-ring (bicyclic) bond motifs is 3. The number of aromatic nitrogens is 4. The molecule has 3 heterocycles. The average molecular weight is 465 g/mol. The van der Waals surface area contributed by atoms with Gasteiger partial charge in [-0.15, -0.1) is 5.10 Å². The number of thioether (sulfide) groups is 1. The highest BCUT2D eigenvalue weighted by atomic mass is 32.2. The van der Waals surface area contributed by atoms with E-state index < -0.39 is 4.92 Å². The zero-order chi connectivity index (χ0) is 22.8. The van der Waals surface area contributed by atoms with Crippen LogP contribution < -0.4 is 5.32 Å². The van der Waals surface area contributed by atoms with Crippen LogP contribution in [0, 0.1) is 10.1 Å². The smallest absolute Gasteiger partial charge is 0.269 e. The first-order valence-corrected chi connectivity index (χ1v) is 11.5. The Bertz CT molecular complexity index is 1330. The summed E-state index contributed by atoms with van der Waals surface area (Å²) >= 11 is 1.28. The van der Waals surface area contributed by atoms with E-state index in [-0.39, 0.29) is 23.5 Å². The Morgan fingerprint density at radius 2 is 2.03 bits per heavy atom. The van der Waals surface area contributed by atoms with E-state index in [4.69, 9.17) is 4.74 Å². The molecule has 0 spiro atoms. The number of nitrogens with zero attached hydrogens (tertiary/aromatic N) is 5. The number of amides is 1. The molecule has 4 aromatic rings. The summed E-state index contributed by atoms with van der Waals surface area (Å²) in [5.41, 5.74) is 2.00. The van der Waals surface area contributed by atoms with Crippen molar-refractivity contribution in [2.45, 2.75) is 24.1 Å². The highest BCUT2D eigenvalue weighted by Crippen LogP contribution is 2.27. The van der Waals surface area contributed by atoms with Gasteiger partial charge in [-0.25, -0.2) is 9.97 Å². The first kappa shape index (κ1) is 21.3. The van der Waals surface area contributed by atoms with Crippen LogP contribution >= 0.6 is 11.8 Å². The maximum absolute atomic E-state index is 12.4. The molecular weight excluding hydrogens is 444 g/mol. The number of hydrogen-bond acceptors (Lipinski definition) is 8. The lowest BCUT2D eigenvalue weighted by atomic mass is 10.2. The van der Waals surface area contributed by atoms with Crippen LogP contribution in [-0.4, -0.2) is 55.4 Å². The van der Waals surface area contributed by atoms with Gasteiger partial charge < -0.3 is 10.1 Å². The molecule has 10 nitrogen and oxygen atoms in total. The highest BCUT2D eigenvalue weighted by Gasteiger charge is 2.18. The van der Waals surface area contributed by atoms with Crippen molar-refractivity contribution in [3.63, 3.8) is 0 Å². The van der Waals surface area contributed by atoms with Gasteiger partial charge in [0.25, 0.3) is 5.69 Å². The number of carbonyl (C=O) groups excluding carboxylic acids is 1.